The lowest BCUT2D eigenvalue weighted by Gasteiger charge is -2.42. The largest absolute Gasteiger partial charge is 0.508 e. The summed E-state index contributed by atoms with van der Waals surface area (Å²) >= 11 is 0. The van der Waals surface area contributed by atoms with Gasteiger partial charge < -0.3 is 79.5 Å². The van der Waals surface area contributed by atoms with Gasteiger partial charge in [0.2, 0.25) is 23.2 Å². The number of phenolic OH excluding ortho intramolecular Hbond substituents is 3. The van der Waals surface area contributed by atoms with E-state index in [2.05, 4.69) is 0 Å². The van der Waals surface area contributed by atoms with Crippen molar-refractivity contribution in [1.29, 1.82) is 0 Å². The quantitative estimate of drug-likeness (QED) is 0.127. The zero-order chi connectivity index (χ0) is 32.0. The number of hydrogen-bond donors (Lipinski definition) is 11. The Labute approximate surface area is 246 Å². The minimum atomic E-state index is -1.99. The van der Waals surface area contributed by atoms with Crippen molar-refractivity contribution in [2.75, 3.05) is 13.2 Å². The fraction of sp³-hybridized carbons (Fsp3) is 0.444. The molecule has 3 aromatic rings. The molecule has 17 heteroatoms. The van der Waals surface area contributed by atoms with Gasteiger partial charge in [0, 0.05) is 11.6 Å². The molecule has 0 amide bonds. The fourth-order valence-electron chi connectivity index (χ4n) is 4.89. The van der Waals surface area contributed by atoms with E-state index in [9.17, 15) is 61.0 Å². The van der Waals surface area contributed by atoms with E-state index in [1.54, 1.807) is 0 Å². The summed E-state index contributed by atoms with van der Waals surface area (Å²) in [6.07, 6.45) is -17.4. The van der Waals surface area contributed by atoms with Crippen LogP contribution in [0.5, 0.6) is 28.7 Å². The Morgan fingerprint density at radius 2 is 1.32 bits per heavy atom. The number of aliphatic hydroxyl groups excluding tert-OH is 7. The highest BCUT2D eigenvalue weighted by Gasteiger charge is 2.48. The molecule has 10 atom stereocenters. The first-order valence-corrected chi connectivity index (χ1v) is 13.2. The SMILES string of the molecule is O=c1c(O)c(-c2ccc(O)cc2)oc2c(O[C@@H]3O[C@@H](CO[C@@H]4O[C@H](CO)[C@@H](O)[C@H](O)[C@H]4O)[C@@H](O)[C@@H](O)[C@H]3O)c(O)cc(O)c12. The maximum Gasteiger partial charge on any atom is 0.238 e. The van der Waals surface area contributed by atoms with Gasteiger partial charge in [-0.1, -0.05) is 0 Å². The normalized spacial score (nSPS) is 32.5. The van der Waals surface area contributed by atoms with Gasteiger partial charge in [-0.2, -0.15) is 0 Å². The molecule has 17 nitrogen and oxygen atoms in total. The number of fused-ring (bicyclic) bond motifs is 1. The molecule has 0 radical (unpaired) electrons. The predicted molar refractivity (Wildman–Crippen MR) is 142 cm³/mol. The van der Waals surface area contributed by atoms with Crippen molar-refractivity contribution in [2.45, 2.75) is 61.4 Å². The Morgan fingerprint density at radius 1 is 0.727 bits per heavy atom. The third-order valence-corrected chi connectivity index (χ3v) is 7.36. The van der Waals surface area contributed by atoms with Crippen LogP contribution in [0.25, 0.3) is 22.3 Å². The van der Waals surface area contributed by atoms with E-state index in [1.165, 1.54) is 24.3 Å². The van der Waals surface area contributed by atoms with E-state index in [1.807, 2.05) is 0 Å². The van der Waals surface area contributed by atoms with Crippen molar-refractivity contribution >= 4 is 11.0 Å². The van der Waals surface area contributed by atoms with Gasteiger partial charge >= 0.3 is 0 Å². The van der Waals surface area contributed by atoms with E-state index in [-0.39, 0.29) is 11.3 Å². The van der Waals surface area contributed by atoms with Crippen LogP contribution in [-0.2, 0) is 14.2 Å². The maximum absolute atomic E-state index is 13.0. The highest BCUT2D eigenvalue weighted by molar-refractivity contribution is 5.93. The molecule has 2 aromatic carbocycles. The summed E-state index contributed by atoms with van der Waals surface area (Å²) in [4.78, 5) is 13.0. The van der Waals surface area contributed by atoms with Gasteiger partial charge in [0.25, 0.3) is 0 Å². The van der Waals surface area contributed by atoms with E-state index in [0.29, 0.717) is 6.07 Å². The van der Waals surface area contributed by atoms with Crippen LogP contribution in [-0.4, -0.2) is 131 Å². The first-order valence-electron chi connectivity index (χ1n) is 13.2. The second-order valence-electron chi connectivity index (χ2n) is 10.3. The van der Waals surface area contributed by atoms with Crippen LogP contribution in [0, 0.1) is 0 Å². The molecular formula is C27H30O17. The lowest BCUT2D eigenvalue weighted by molar-refractivity contribution is -0.323. The summed E-state index contributed by atoms with van der Waals surface area (Å²) < 4.78 is 27.4. The lowest BCUT2D eigenvalue weighted by atomic mass is 9.98. The Balaban J connectivity index is 1.45. The molecule has 0 bridgehead atoms. The van der Waals surface area contributed by atoms with Gasteiger partial charge in [-0.15, -0.1) is 0 Å². The molecule has 2 aliphatic rings. The Kier molecular flexibility index (Phi) is 8.87. The second kappa shape index (κ2) is 12.3. The van der Waals surface area contributed by atoms with Gasteiger partial charge in [0.05, 0.1) is 13.2 Å². The van der Waals surface area contributed by atoms with Crippen LogP contribution in [0.2, 0.25) is 0 Å². The first kappa shape index (κ1) is 31.7. The molecule has 240 valence electrons. The summed E-state index contributed by atoms with van der Waals surface area (Å²) in [6.45, 7) is -1.41. The van der Waals surface area contributed by atoms with Crippen molar-refractivity contribution < 1.29 is 79.5 Å². The second-order valence-corrected chi connectivity index (χ2v) is 10.3. The average Bonchev–Trinajstić information content (AvgIpc) is 3.00. The Hall–Kier alpha value is -3.75. The molecule has 5 rings (SSSR count). The molecule has 0 saturated carbocycles. The smallest absolute Gasteiger partial charge is 0.238 e. The molecule has 2 fully saturated rings. The molecule has 44 heavy (non-hydrogen) atoms. The maximum atomic E-state index is 13.0. The Bertz CT molecular complexity index is 1540. The molecule has 11 N–H and O–H groups in total. The zero-order valence-corrected chi connectivity index (χ0v) is 22.4. The highest BCUT2D eigenvalue weighted by atomic mass is 16.7. The average molecular weight is 627 g/mol. The minimum absolute atomic E-state index is 0.103. The first-order chi connectivity index (χ1) is 20.8. The van der Waals surface area contributed by atoms with Gasteiger partial charge in [-0.25, -0.2) is 0 Å². The third kappa shape index (κ3) is 5.61. The van der Waals surface area contributed by atoms with Gasteiger partial charge in [-0.3, -0.25) is 4.79 Å². The number of ether oxygens (including phenoxy) is 4. The van der Waals surface area contributed by atoms with Crippen molar-refractivity contribution in [3.63, 3.8) is 0 Å². The van der Waals surface area contributed by atoms with Crippen molar-refractivity contribution in [2.24, 2.45) is 0 Å². The Morgan fingerprint density at radius 3 is 1.95 bits per heavy atom. The monoisotopic (exact) mass is 626 g/mol. The van der Waals surface area contributed by atoms with E-state index in [4.69, 9.17) is 23.4 Å². The molecule has 0 spiro atoms. The molecule has 0 unspecified atom stereocenters. The van der Waals surface area contributed by atoms with E-state index < -0.39 is 120 Å². The van der Waals surface area contributed by atoms with E-state index >= 15 is 0 Å². The number of rotatable bonds is 7. The third-order valence-electron chi connectivity index (χ3n) is 7.36. The molecule has 2 aliphatic heterocycles. The number of phenols is 3. The molecular weight excluding hydrogens is 596 g/mol. The number of aliphatic hydroxyl groups is 7. The molecule has 0 aliphatic carbocycles. The molecule has 3 heterocycles. The highest BCUT2D eigenvalue weighted by Crippen LogP contribution is 2.44. The van der Waals surface area contributed by atoms with Crippen LogP contribution in [0.15, 0.2) is 39.5 Å². The predicted octanol–water partition coefficient (Wildman–Crippen LogP) is -2.71. The van der Waals surface area contributed by atoms with Crippen molar-refractivity contribution in [3.8, 4) is 40.1 Å². The molecule has 2 saturated heterocycles. The summed E-state index contributed by atoms with van der Waals surface area (Å²) in [5, 5.41) is 112. The zero-order valence-electron chi connectivity index (χ0n) is 22.4. The van der Waals surface area contributed by atoms with Crippen LogP contribution in [0.3, 0.4) is 0 Å². The minimum Gasteiger partial charge on any atom is -0.508 e. The summed E-state index contributed by atoms with van der Waals surface area (Å²) in [5.41, 5.74) is -1.65. The van der Waals surface area contributed by atoms with Crippen molar-refractivity contribution in [3.05, 3.63) is 40.6 Å². The number of hydrogen-bond acceptors (Lipinski definition) is 17. The number of aromatic hydroxyl groups is 4. The van der Waals surface area contributed by atoms with Crippen LogP contribution in [0.4, 0.5) is 0 Å². The van der Waals surface area contributed by atoms with Crippen LogP contribution >= 0.6 is 0 Å². The topological polar surface area (TPSA) is 290 Å². The van der Waals surface area contributed by atoms with Gasteiger partial charge in [-0.05, 0) is 24.3 Å². The van der Waals surface area contributed by atoms with E-state index in [0.717, 1.165) is 0 Å². The standard InChI is InChI=1S/C27H30O17/c28-6-12-15(32)18(35)21(38)26(41-12)40-7-13-16(33)19(36)22(39)27(42-13)44-24-11(31)5-10(30)14-17(34)20(37)23(43-25(14)24)8-1-3-9(29)4-2-8/h1-5,12-13,15-16,18-19,21-22,26-33,35-39H,6-7H2/t12-,13+,15-,16-,18+,19-,21-,22-,26-,27+/m1/s1. The fourth-order valence-corrected chi connectivity index (χ4v) is 4.89. The summed E-state index contributed by atoms with van der Waals surface area (Å²) in [7, 11) is 0. The summed E-state index contributed by atoms with van der Waals surface area (Å²) in [5.74, 6) is -3.82. The number of benzene rings is 2. The molecule has 1 aromatic heterocycles. The van der Waals surface area contributed by atoms with Crippen molar-refractivity contribution in [1.82, 2.24) is 0 Å². The van der Waals surface area contributed by atoms with Gasteiger partial charge in [0.15, 0.2) is 23.4 Å². The summed E-state index contributed by atoms with van der Waals surface area (Å²) in [6, 6.07) is 5.76. The lowest BCUT2D eigenvalue weighted by Crippen LogP contribution is -2.62. The van der Waals surface area contributed by atoms with Gasteiger partial charge in [0.1, 0.15) is 65.7 Å². The van der Waals surface area contributed by atoms with Crippen LogP contribution < -0.4 is 10.2 Å². The van der Waals surface area contributed by atoms with Crippen LogP contribution in [0.1, 0.15) is 0 Å².